The largest absolute Gasteiger partial charge is 0.494 e. The molecule has 7 heteroatoms. The van der Waals surface area contributed by atoms with Crippen LogP contribution in [0.15, 0.2) is 34.9 Å². The summed E-state index contributed by atoms with van der Waals surface area (Å²) in [6.07, 6.45) is 1.12. The highest BCUT2D eigenvalue weighted by Crippen LogP contribution is 2.17. The van der Waals surface area contributed by atoms with E-state index < -0.39 is 0 Å². The average molecular weight is 371 g/mol. The zero-order chi connectivity index (χ0) is 19.2. The van der Waals surface area contributed by atoms with Crippen LogP contribution >= 0.6 is 0 Å². The average Bonchev–Trinajstić information content (AvgIpc) is 3.03. The number of rotatable bonds is 6. The number of hydrogen-bond donors (Lipinski definition) is 0. The smallest absolute Gasteiger partial charge is 0.259 e. The van der Waals surface area contributed by atoms with E-state index in [4.69, 9.17) is 9.26 Å². The summed E-state index contributed by atoms with van der Waals surface area (Å²) in [4.78, 5) is 28.6. The Morgan fingerprint density at radius 3 is 2.37 bits per heavy atom. The van der Waals surface area contributed by atoms with Gasteiger partial charge in [0.2, 0.25) is 5.91 Å². The molecule has 0 aliphatic carbocycles. The molecule has 0 radical (unpaired) electrons. The molecule has 2 amide bonds. The minimum absolute atomic E-state index is 0.0744. The van der Waals surface area contributed by atoms with Crippen molar-refractivity contribution >= 4 is 11.8 Å². The summed E-state index contributed by atoms with van der Waals surface area (Å²) in [5.41, 5.74) is 1.14. The number of benzene rings is 1. The summed E-state index contributed by atoms with van der Waals surface area (Å²) in [6, 6.07) is 9.58. The van der Waals surface area contributed by atoms with Crippen molar-refractivity contribution < 1.29 is 18.8 Å². The van der Waals surface area contributed by atoms with Crippen molar-refractivity contribution in [3.63, 3.8) is 0 Å². The van der Waals surface area contributed by atoms with Gasteiger partial charge >= 0.3 is 0 Å². The van der Waals surface area contributed by atoms with Crippen molar-refractivity contribution in [3.8, 4) is 5.75 Å². The Kier molecular flexibility index (Phi) is 6.11. The number of piperazine rings is 1. The Balaban J connectivity index is 1.41. The minimum atomic E-state index is -0.0744. The van der Waals surface area contributed by atoms with E-state index in [2.05, 4.69) is 5.16 Å². The van der Waals surface area contributed by atoms with Gasteiger partial charge in [-0.25, -0.2) is 0 Å². The molecule has 7 nitrogen and oxygen atoms in total. The number of carbonyl (C=O) groups is 2. The topological polar surface area (TPSA) is 75.9 Å². The number of ether oxygens (including phenoxy) is 1. The van der Waals surface area contributed by atoms with Crippen LogP contribution in [0.1, 0.15) is 34.7 Å². The first-order chi connectivity index (χ1) is 13.1. The lowest BCUT2D eigenvalue weighted by atomic mass is 10.1. The lowest BCUT2D eigenvalue weighted by Gasteiger charge is -2.34. The van der Waals surface area contributed by atoms with E-state index in [1.54, 1.807) is 18.7 Å². The van der Waals surface area contributed by atoms with Gasteiger partial charge in [-0.15, -0.1) is 0 Å². The lowest BCUT2D eigenvalue weighted by molar-refractivity contribution is -0.132. The molecule has 1 aliphatic rings. The molecule has 2 aromatic rings. The standard InChI is InChI=1S/C20H25N3O4/c1-15-19(16(2)27-21-15)20(25)23-12-10-22(11-13-23)18(24)9-6-14-26-17-7-4-3-5-8-17/h3-5,7-8H,6,9-14H2,1-2H3. The predicted octanol–water partition coefficient (Wildman–Crippen LogP) is 2.44. The number of nitrogens with zero attached hydrogens (tertiary/aromatic N) is 3. The number of aromatic nitrogens is 1. The Morgan fingerprint density at radius 2 is 1.74 bits per heavy atom. The lowest BCUT2D eigenvalue weighted by Crippen LogP contribution is -2.50. The maximum absolute atomic E-state index is 12.6. The molecule has 0 saturated carbocycles. The molecule has 27 heavy (non-hydrogen) atoms. The van der Waals surface area contributed by atoms with Crippen LogP contribution in [-0.4, -0.2) is 59.6 Å². The number of para-hydroxylation sites is 1. The van der Waals surface area contributed by atoms with E-state index in [1.165, 1.54) is 0 Å². The van der Waals surface area contributed by atoms with E-state index in [0.717, 1.165) is 5.75 Å². The van der Waals surface area contributed by atoms with Gasteiger partial charge in [-0.1, -0.05) is 23.4 Å². The summed E-state index contributed by atoms with van der Waals surface area (Å²) in [5.74, 6) is 1.39. The molecule has 1 aliphatic heterocycles. The maximum atomic E-state index is 12.6. The number of amides is 2. The van der Waals surface area contributed by atoms with Crippen LogP contribution in [0.3, 0.4) is 0 Å². The second-order valence-corrected chi connectivity index (χ2v) is 6.64. The Hall–Kier alpha value is -2.83. The first-order valence-corrected chi connectivity index (χ1v) is 9.24. The zero-order valence-corrected chi connectivity index (χ0v) is 15.8. The van der Waals surface area contributed by atoms with Crippen LogP contribution < -0.4 is 4.74 Å². The van der Waals surface area contributed by atoms with Crippen LogP contribution in [0, 0.1) is 13.8 Å². The molecule has 0 unspecified atom stereocenters. The van der Waals surface area contributed by atoms with Gasteiger partial charge in [-0.2, -0.15) is 0 Å². The van der Waals surface area contributed by atoms with Crippen LogP contribution in [0.5, 0.6) is 5.75 Å². The molecule has 1 fully saturated rings. The van der Waals surface area contributed by atoms with Crippen molar-refractivity contribution in [1.29, 1.82) is 0 Å². The third-order valence-electron chi connectivity index (χ3n) is 4.71. The third kappa shape index (κ3) is 4.67. The summed E-state index contributed by atoms with van der Waals surface area (Å²) in [6.45, 7) is 6.16. The molecule has 144 valence electrons. The highest BCUT2D eigenvalue weighted by Gasteiger charge is 2.28. The normalized spacial score (nSPS) is 14.3. The molecule has 1 aromatic heterocycles. The van der Waals surface area contributed by atoms with Gasteiger partial charge in [0.05, 0.1) is 12.3 Å². The van der Waals surface area contributed by atoms with Gasteiger partial charge in [-0.3, -0.25) is 9.59 Å². The molecule has 3 rings (SSSR count). The van der Waals surface area contributed by atoms with Gasteiger partial charge in [0.15, 0.2) is 0 Å². The highest BCUT2D eigenvalue weighted by atomic mass is 16.5. The van der Waals surface area contributed by atoms with E-state index in [1.807, 2.05) is 35.2 Å². The molecule has 0 N–H and O–H groups in total. The fourth-order valence-electron chi connectivity index (χ4n) is 3.19. The summed E-state index contributed by atoms with van der Waals surface area (Å²) >= 11 is 0. The van der Waals surface area contributed by atoms with Crippen molar-refractivity contribution in [1.82, 2.24) is 15.0 Å². The summed E-state index contributed by atoms with van der Waals surface area (Å²) in [7, 11) is 0. The first kappa shape index (κ1) is 18.9. The van der Waals surface area contributed by atoms with E-state index in [0.29, 0.717) is 62.6 Å². The molecule has 1 saturated heterocycles. The second kappa shape index (κ2) is 8.70. The first-order valence-electron chi connectivity index (χ1n) is 9.24. The monoisotopic (exact) mass is 371 g/mol. The molecule has 2 heterocycles. The van der Waals surface area contributed by atoms with Crippen LogP contribution in [0.2, 0.25) is 0 Å². The number of hydrogen-bond acceptors (Lipinski definition) is 5. The third-order valence-corrected chi connectivity index (χ3v) is 4.71. The van der Waals surface area contributed by atoms with Gasteiger partial charge in [-0.05, 0) is 32.4 Å². The number of aryl methyl sites for hydroxylation is 2. The van der Waals surface area contributed by atoms with Gasteiger partial charge in [0.25, 0.3) is 5.91 Å². The van der Waals surface area contributed by atoms with Gasteiger partial charge in [0, 0.05) is 32.6 Å². The Morgan fingerprint density at radius 1 is 1.07 bits per heavy atom. The van der Waals surface area contributed by atoms with Crippen LogP contribution in [0.4, 0.5) is 0 Å². The van der Waals surface area contributed by atoms with Crippen LogP contribution in [-0.2, 0) is 4.79 Å². The highest BCUT2D eigenvalue weighted by molar-refractivity contribution is 5.96. The summed E-state index contributed by atoms with van der Waals surface area (Å²) in [5, 5.41) is 3.84. The second-order valence-electron chi connectivity index (χ2n) is 6.64. The van der Waals surface area contributed by atoms with Crippen molar-refractivity contribution in [3.05, 3.63) is 47.3 Å². The van der Waals surface area contributed by atoms with Crippen LogP contribution in [0.25, 0.3) is 0 Å². The minimum Gasteiger partial charge on any atom is -0.494 e. The number of carbonyl (C=O) groups excluding carboxylic acids is 2. The van der Waals surface area contributed by atoms with E-state index in [9.17, 15) is 9.59 Å². The fourth-order valence-corrected chi connectivity index (χ4v) is 3.19. The van der Waals surface area contributed by atoms with E-state index in [-0.39, 0.29) is 11.8 Å². The molecular formula is C20H25N3O4. The van der Waals surface area contributed by atoms with E-state index >= 15 is 0 Å². The Bertz CT molecular complexity index is 760. The predicted molar refractivity (Wildman–Crippen MR) is 99.6 cm³/mol. The molecule has 0 atom stereocenters. The van der Waals surface area contributed by atoms with Crippen molar-refractivity contribution in [2.75, 3.05) is 32.8 Å². The summed E-state index contributed by atoms with van der Waals surface area (Å²) < 4.78 is 10.7. The molecule has 1 aromatic carbocycles. The quantitative estimate of drug-likeness (QED) is 0.729. The SMILES string of the molecule is Cc1noc(C)c1C(=O)N1CCN(C(=O)CCCOc2ccccc2)CC1. The zero-order valence-electron chi connectivity index (χ0n) is 15.8. The maximum Gasteiger partial charge on any atom is 0.259 e. The fraction of sp³-hybridized carbons (Fsp3) is 0.450. The molecule has 0 bridgehead atoms. The van der Waals surface area contributed by atoms with Crippen molar-refractivity contribution in [2.24, 2.45) is 0 Å². The van der Waals surface area contributed by atoms with Crippen molar-refractivity contribution in [2.45, 2.75) is 26.7 Å². The Labute approximate surface area is 158 Å². The van der Waals surface area contributed by atoms with Gasteiger partial charge < -0.3 is 19.1 Å². The molecule has 0 spiro atoms. The molecular weight excluding hydrogens is 346 g/mol. The van der Waals surface area contributed by atoms with Gasteiger partial charge in [0.1, 0.15) is 17.1 Å².